The van der Waals surface area contributed by atoms with E-state index < -0.39 is 11.5 Å². The van der Waals surface area contributed by atoms with Crippen molar-refractivity contribution in [1.82, 2.24) is 4.90 Å². The first kappa shape index (κ1) is 27.3. The smallest absolute Gasteiger partial charge is 0.181 e. The molecule has 0 bridgehead atoms. The number of hydrogen-bond donors (Lipinski definition) is 0. The average Bonchev–Trinajstić information content (AvgIpc) is 3.35. The molecule has 3 aliphatic rings. The normalized spacial score (nSPS) is 26.3. The van der Waals surface area contributed by atoms with E-state index in [0.717, 1.165) is 54.4 Å². The summed E-state index contributed by atoms with van der Waals surface area (Å²) in [4.78, 5) is 32.8. The van der Waals surface area contributed by atoms with Gasteiger partial charge in [0.05, 0.1) is 11.5 Å². The number of carbonyl (C=O) groups excluding carboxylic acids is 2. The Bertz CT molecular complexity index is 1580. The van der Waals surface area contributed by atoms with E-state index in [1.165, 1.54) is 6.42 Å². The molecule has 212 valence electrons. The first-order valence-electron chi connectivity index (χ1n) is 15.4. The number of carbonyl (C=O) groups is 2. The summed E-state index contributed by atoms with van der Waals surface area (Å²) in [6.45, 7) is 0. The number of Topliss-reactive ketones (excluding diaryl/α,β-unsaturated/α-hetero) is 2. The third-order valence-electron chi connectivity index (χ3n) is 10.1. The van der Waals surface area contributed by atoms with E-state index in [1.54, 1.807) is 0 Å². The van der Waals surface area contributed by atoms with Crippen LogP contribution in [0.2, 0.25) is 5.02 Å². The molecule has 0 aromatic heterocycles. The fourth-order valence-electron chi connectivity index (χ4n) is 8.39. The van der Waals surface area contributed by atoms with Crippen molar-refractivity contribution in [3.63, 3.8) is 0 Å². The van der Waals surface area contributed by atoms with Gasteiger partial charge < -0.3 is 0 Å². The van der Waals surface area contributed by atoms with Gasteiger partial charge in [-0.3, -0.25) is 14.5 Å². The predicted molar refractivity (Wildman–Crippen MR) is 168 cm³/mol. The largest absolute Gasteiger partial charge is 0.293 e. The Labute approximate surface area is 253 Å². The lowest BCUT2D eigenvalue weighted by atomic mass is 9.57. The molecule has 1 aliphatic heterocycles. The Morgan fingerprint density at radius 1 is 0.738 bits per heavy atom. The van der Waals surface area contributed by atoms with Crippen LogP contribution >= 0.6 is 11.6 Å². The van der Waals surface area contributed by atoms with Crippen LogP contribution in [0.25, 0.3) is 0 Å². The van der Waals surface area contributed by atoms with Crippen molar-refractivity contribution in [1.29, 1.82) is 0 Å². The highest BCUT2D eigenvalue weighted by atomic mass is 35.5. The van der Waals surface area contributed by atoms with Crippen molar-refractivity contribution >= 4 is 23.2 Å². The highest BCUT2D eigenvalue weighted by Gasteiger charge is 2.67. The maximum absolute atomic E-state index is 15.2. The Morgan fingerprint density at radius 2 is 1.38 bits per heavy atom. The molecule has 42 heavy (non-hydrogen) atoms. The Kier molecular flexibility index (Phi) is 7.34. The number of halogens is 1. The second-order valence-electron chi connectivity index (χ2n) is 12.3. The molecule has 1 heterocycles. The molecule has 0 amide bonds. The number of hydrogen-bond acceptors (Lipinski definition) is 3. The van der Waals surface area contributed by atoms with Crippen LogP contribution in [0.1, 0.15) is 87.9 Å². The number of nitrogens with zero attached hydrogens (tertiary/aromatic N) is 1. The molecule has 0 unspecified atom stereocenters. The molecule has 2 fully saturated rings. The highest BCUT2D eigenvalue weighted by Crippen LogP contribution is 2.63. The van der Waals surface area contributed by atoms with Crippen LogP contribution in [-0.2, 0) is 6.42 Å². The molecule has 0 radical (unpaired) electrons. The first-order valence-corrected chi connectivity index (χ1v) is 15.8. The molecule has 3 nitrogen and oxygen atoms in total. The third-order valence-corrected chi connectivity index (χ3v) is 10.4. The molecular weight excluding hydrogens is 538 g/mol. The summed E-state index contributed by atoms with van der Waals surface area (Å²) in [7, 11) is 0. The number of fused-ring (bicyclic) bond motifs is 1. The van der Waals surface area contributed by atoms with Gasteiger partial charge in [-0.05, 0) is 54.5 Å². The number of benzene rings is 4. The first-order chi connectivity index (χ1) is 20.6. The van der Waals surface area contributed by atoms with Gasteiger partial charge in [-0.2, -0.15) is 0 Å². The lowest BCUT2D eigenvalue weighted by Crippen LogP contribution is -2.55. The summed E-state index contributed by atoms with van der Waals surface area (Å²) >= 11 is 6.42. The molecule has 4 aromatic carbocycles. The number of likely N-dealkylation sites (tertiary alicyclic amines) is 1. The van der Waals surface area contributed by atoms with Gasteiger partial charge in [0.25, 0.3) is 0 Å². The maximum Gasteiger partial charge on any atom is 0.181 e. The second-order valence-corrected chi connectivity index (χ2v) is 12.7. The van der Waals surface area contributed by atoms with E-state index in [1.807, 2.05) is 66.7 Å². The van der Waals surface area contributed by atoms with Gasteiger partial charge in [0.15, 0.2) is 11.6 Å². The summed E-state index contributed by atoms with van der Waals surface area (Å²) in [5, 5.41) is 0.670. The second kappa shape index (κ2) is 11.3. The zero-order valence-corrected chi connectivity index (χ0v) is 24.5. The van der Waals surface area contributed by atoms with Crippen molar-refractivity contribution in [3.8, 4) is 0 Å². The molecule has 4 atom stereocenters. The predicted octanol–water partition coefficient (Wildman–Crippen LogP) is 8.88. The number of ketones is 2. The van der Waals surface area contributed by atoms with E-state index in [2.05, 4.69) is 47.4 Å². The van der Waals surface area contributed by atoms with Gasteiger partial charge in [-0.15, -0.1) is 0 Å². The summed E-state index contributed by atoms with van der Waals surface area (Å²) in [5.41, 5.74) is 3.85. The summed E-state index contributed by atoms with van der Waals surface area (Å²) < 4.78 is 0. The minimum Gasteiger partial charge on any atom is -0.293 e. The van der Waals surface area contributed by atoms with Crippen LogP contribution in [0.5, 0.6) is 0 Å². The number of aryl methyl sites for hydroxylation is 1. The zero-order valence-electron chi connectivity index (χ0n) is 23.8. The molecule has 1 spiro atoms. The summed E-state index contributed by atoms with van der Waals surface area (Å²) in [6, 6.07) is 35.9. The molecule has 2 aliphatic carbocycles. The molecule has 4 aromatic rings. The number of rotatable bonds is 5. The molecule has 4 heteroatoms. The Hall–Kier alpha value is -3.53. The van der Waals surface area contributed by atoms with Crippen molar-refractivity contribution in [2.24, 2.45) is 5.41 Å². The molecule has 1 saturated carbocycles. The minimum atomic E-state index is -0.924. The van der Waals surface area contributed by atoms with E-state index in [4.69, 9.17) is 11.6 Å². The van der Waals surface area contributed by atoms with Gasteiger partial charge in [0.2, 0.25) is 0 Å². The van der Waals surface area contributed by atoms with Gasteiger partial charge in [-0.1, -0.05) is 128 Å². The van der Waals surface area contributed by atoms with E-state index in [9.17, 15) is 0 Å². The maximum atomic E-state index is 15.2. The Morgan fingerprint density at radius 3 is 2.10 bits per heavy atom. The average molecular weight is 574 g/mol. The highest BCUT2D eigenvalue weighted by molar-refractivity contribution is 6.30. The fourth-order valence-corrected chi connectivity index (χ4v) is 8.51. The van der Waals surface area contributed by atoms with Crippen molar-refractivity contribution in [2.45, 2.75) is 69.0 Å². The molecule has 7 rings (SSSR count). The van der Waals surface area contributed by atoms with E-state index >= 15 is 9.59 Å². The van der Waals surface area contributed by atoms with Crippen molar-refractivity contribution in [3.05, 3.63) is 142 Å². The SMILES string of the molecule is O=C(c1ccccc1)[C@H]1N(C2CCCCC2)[C@H](c2ccccc2)[C@H](c2ccc(Cl)cc2)[C@@]12CCc1ccccc1C2=O. The monoisotopic (exact) mass is 573 g/mol. The third kappa shape index (κ3) is 4.46. The molecule has 0 N–H and O–H groups in total. The lowest BCUT2D eigenvalue weighted by Gasteiger charge is -2.44. The molecular formula is C38H36ClNO2. The van der Waals surface area contributed by atoms with Crippen LogP contribution in [-0.4, -0.2) is 28.6 Å². The summed E-state index contributed by atoms with van der Waals surface area (Å²) in [6.07, 6.45) is 6.98. The van der Waals surface area contributed by atoms with Gasteiger partial charge in [0, 0.05) is 34.2 Å². The quantitative estimate of drug-likeness (QED) is 0.224. The Balaban J connectivity index is 1.53. The van der Waals surface area contributed by atoms with Crippen LogP contribution in [0.4, 0.5) is 0 Å². The summed E-state index contributed by atoms with van der Waals surface area (Å²) in [5.74, 6) is -0.0401. The fraction of sp³-hybridized carbons (Fsp3) is 0.316. The molecule has 1 saturated heterocycles. The topological polar surface area (TPSA) is 37.4 Å². The lowest BCUT2D eigenvalue weighted by molar-refractivity contribution is 0.0414. The van der Waals surface area contributed by atoms with E-state index in [-0.39, 0.29) is 29.6 Å². The van der Waals surface area contributed by atoms with Gasteiger partial charge in [0.1, 0.15) is 0 Å². The standard InChI is InChI=1S/C38H36ClNO2/c39-30-22-20-27(21-23-30)33-34(28-13-4-1-5-14-28)40(31-17-8-3-9-18-31)36(35(41)29-15-6-2-7-16-29)38(33)25-24-26-12-10-11-19-32(26)37(38)42/h1-2,4-7,10-16,19-23,31,33-34,36H,3,8-9,17-18,24-25H2/t33-,34+,36+,38-/m0/s1. The van der Waals surface area contributed by atoms with Crippen LogP contribution in [0.15, 0.2) is 109 Å². The van der Waals surface area contributed by atoms with Crippen LogP contribution < -0.4 is 0 Å². The van der Waals surface area contributed by atoms with Crippen LogP contribution in [0.3, 0.4) is 0 Å². The van der Waals surface area contributed by atoms with Crippen molar-refractivity contribution < 1.29 is 9.59 Å². The van der Waals surface area contributed by atoms with Gasteiger partial charge >= 0.3 is 0 Å². The van der Waals surface area contributed by atoms with E-state index in [0.29, 0.717) is 17.0 Å². The minimum absolute atomic E-state index is 0.0614. The zero-order chi connectivity index (χ0) is 28.7. The van der Waals surface area contributed by atoms with Gasteiger partial charge in [-0.25, -0.2) is 0 Å². The van der Waals surface area contributed by atoms with Crippen molar-refractivity contribution in [2.75, 3.05) is 0 Å². The van der Waals surface area contributed by atoms with Crippen LogP contribution in [0, 0.1) is 5.41 Å².